The van der Waals surface area contributed by atoms with Crippen molar-refractivity contribution < 1.29 is 4.79 Å². The summed E-state index contributed by atoms with van der Waals surface area (Å²) < 4.78 is 0. The monoisotopic (exact) mass is 275 g/mol. The SMILES string of the molecule is CCN1CCN(Cc2cccc(C(=O)C(C)C)n2)CC1. The Hall–Kier alpha value is -1.26. The maximum absolute atomic E-state index is 12.0. The maximum atomic E-state index is 12.0. The summed E-state index contributed by atoms with van der Waals surface area (Å²) in [5.41, 5.74) is 1.60. The first-order valence-corrected chi connectivity index (χ1v) is 7.55. The molecule has 1 fully saturated rings. The van der Waals surface area contributed by atoms with E-state index in [1.54, 1.807) is 0 Å². The molecule has 1 aromatic rings. The van der Waals surface area contributed by atoms with Crippen molar-refractivity contribution in [2.45, 2.75) is 27.3 Å². The van der Waals surface area contributed by atoms with Gasteiger partial charge in [0, 0.05) is 38.6 Å². The number of pyridine rings is 1. The summed E-state index contributed by atoms with van der Waals surface area (Å²) in [7, 11) is 0. The summed E-state index contributed by atoms with van der Waals surface area (Å²) in [4.78, 5) is 21.4. The van der Waals surface area contributed by atoms with Crippen LogP contribution in [0.25, 0.3) is 0 Å². The predicted molar refractivity (Wildman–Crippen MR) is 80.8 cm³/mol. The van der Waals surface area contributed by atoms with Crippen molar-refractivity contribution in [2.24, 2.45) is 5.92 Å². The van der Waals surface area contributed by atoms with Gasteiger partial charge in [-0.3, -0.25) is 9.69 Å². The van der Waals surface area contributed by atoms with Crippen molar-refractivity contribution in [1.29, 1.82) is 0 Å². The van der Waals surface area contributed by atoms with Crippen LogP contribution >= 0.6 is 0 Å². The van der Waals surface area contributed by atoms with Gasteiger partial charge in [0.1, 0.15) is 5.69 Å². The molecule has 1 aliphatic rings. The third-order valence-corrected chi connectivity index (χ3v) is 3.88. The average Bonchev–Trinajstić information content (AvgIpc) is 2.47. The smallest absolute Gasteiger partial charge is 0.183 e. The van der Waals surface area contributed by atoms with Gasteiger partial charge in [0.2, 0.25) is 0 Å². The van der Waals surface area contributed by atoms with E-state index in [0.29, 0.717) is 5.69 Å². The molecule has 0 saturated carbocycles. The van der Waals surface area contributed by atoms with Gasteiger partial charge in [-0.1, -0.05) is 26.8 Å². The lowest BCUT2D eigenvalue weighted by Gasteiger charge is -2.33. The molecule has 0 spiro atoms. The first-order valence-electron chi connectivity index (χ1n) is 7.55. The Morgan fingerprint density at radius 3 is 2.45 bits per heavy atom. The van der Waals surface area contributed by atoms with Crippen molar-refractivity contribution in [3.8, 4) is 0 Å². The van der Waals surface area contributed by atoms with E-state index in [4.69, 9.17) is 0 Å². The Labute approximate surface area is 121 Å². The second kappa shape index (κ2) is 6.95. The minimum Gasteiger partial charge on any atom is -0.301 e. The van der Waals surface area contributed by atoms with Crippen molar-refractivity contribution in [2.75, 3.05) is 32.7 Å². The third kappa shape index (κ3) is 3.87. The van der Waals surface area contributed by atoms with Crippen molar-refractivity contribution in [3.05, 3.63) is 29.6 Å². The molecule has 20 heavy (non-hydrogen) atoms. The molecule has 2 heterocycles. The van der Waals surface area contributed by atoms with Crippen LogP contribution in [0.3, 0.4) is 0 Å². The Morgan fingerprint density at radius 1 is 1.20 bits per heavy atom. The minimum atomic E-state index is 0.00542. The van der Waals surface area contributed by atoms with Crippen LogP contribution in [0.2, 0.25) is 0 Å². The van der Waals surface area contributed by atoms with Crippen LogP contribution in [0.1, 0.15) is 37.0 Å². The summed E-state index contributed by atoms with van der Waals surface area (Å²) in [5.74, 6) is 0.133. The molecular weight excluding hydrogens is 250 g/mol. The Kier molecular flexibility index (Phi) is 5.26. The van der Waals surface area contributed by atoms with E-state index < -0.39 is 0 Å². The van der Waals surface area contributed by atoms with E-state index in [1.165, 1.54) is 0 Å². The fourth-order valence-corrected chi connectivity index (χ4v) is 2.49. The van der Waals surface area contributed by atoms with Crippen LogP contribution in [0.15, 0.2) is 18.2 Å². The Balaban J connectivity index is 1.97. The van der Waals surface area contributed by atoms with E-state index in [9.17, 15) is 4.79 Å². The molecule has 4 nitrogen and oxygen atoms in total. The number of piperazine rings is 1. The number of hydrogen-bond donors (Lipinski definition) is 0. The summed E-state index contributed by atoms with van der Waals surface area (Å²) in [5, 5.41) is 0. The largest absolute Gasteiger partial charge is 0.301 e. The van der Waals surface area contributed by atoms with Crippen LogP contribution in [-0.4, -0.2) is 53.3 Å². The normalized spacial score (nSPS) is 17.6. The van der Waals surface area contributed by atoms with E-state index >= 15 is 0 Å². The van der Waals surface area contributed by atoms with Gasteiger partial charge in [0.25, 0.3) is 0 Å². The molecule has 1 aliphatic heterocycles. The minimum absolute atomic E-state index is 0.00542. The third-order valence-electron chi connectivity index (χ3n) is 3.88. The van der Waals surface area contributed by atoms with E-state index in [1.807, 2.05) is 32.0 Å². The van der Waals surface area contributed by atoms with Gasteiger partial charge in [-0.15, -0.1) is 0 Å². The molecule has 0 aromatic carbocycles. The molecule has 0 aliphatic carbocycles. The highest BCUT2D eigenvalue weighted by Crippen LogP contribution is 2.10. The van der Waals surface area contributed by atoms with Crippen LogP contribution in [-0.2, 0) is 6.54 Å². The first kappa shape index (κ1) is 15.1. The molecule has 0 atom stereocenters. The zero-order valence-corrected chi connectivity index (χ0v) is 12.8. The molecule has 0 unspecified atom stereocenters. The lowest BCUT2D eigenvalue weighted by molar-refractivity contribution is 0.0933. The van der Waals surface area contributed by atoms with Crippen LogP contribution in [0.5, 0.6) is 0 Å². The van der Waals surface area contributed by atoms with E-state index in [2.05, 4.69) is 21.7 Å². The van der Waals surface area contributed by atoms with Gasteiger partial charge in [0.05, 0.1) is 5.69 Å². The van der Waals surface area contributed by atoms with E-state index in [0.717, 1.165) is 45.0 Å². The van der Waals surface area contributed by atoms with Crippen LogP contribution in [0.4, 0.5) is 0 Å². The lowest BCUT2D eigenvalue weighted by Crippen LogP contribution is -2.45. The highest BCUT2D eigenvalue weighted by molar-refractivity contribution is 5.95. The molecular formula is C16H25N3O. The fourth-order valence-electron chi connectivity index (χ4n) is 2.49. The summed E-state index contributed by atoms with van der Waals surface area (Å²) in [6, 6.07) is 5.78. The maximum Gasteiger partial charge on any atom is 0.183 e. The number of ketones is 1. The number of hydrogen-bond acceptors (Lipinski definition) is 4. The number of carbonyl (C=O) groups is 1. The van der Waals surface area contributed by atoms with E-state index in [-0.39, 0.29) is 11.7 Å². The molecule has 1 saturated heterocycles. The predicted octanol–water partition coefficient (Wildman–Crippen LogP) is 2.06. The Morgan fingerprint density at radius 2 is 1.85 bits per heavy atom. The second-order valence-corrected chi connectivity index (χ2v) is 5.74. The van der Waals surface area contributed by atoms with Gasteiger partial charge in [-0.05, 0) is 18.7 Å². The molecule has 0 amide bonds. The molecule has 0 bridgehead atoms. The number of nitrogens with zero attached hydrogens (tertiary/aromatic N) is 3. The second-order valence-electron chi connectivity index (χ2n) is 5.74. The van der Waals surface area contributed by atoms with Crippen LogP contribution < -0.4 is 0 Å². The number of aromatic nitrogens is 1. The average molecular weight is 275 g/mol. The first-order chi connectivity index (χ1) is 9.60. The summed E-state index contributed by atoms with van der Waals surface area (Å²) in [6.07, 6.45) is 0. The number of likely N-dealkylation sites (N-methyl/N-ethyl adjacent to an activating group) is 1. The quantitative estimate of drug-likeness (QED) is 0.771. The van der Waals surface area contributed by atoms with Crippen molar-refractivity contribution >= 4 is 5.78 Å². The molecule has 0 N–H and O–H groups in total. The topological polar surface area (TPSA) is 36.4 Å². The van der Waals surface area contributed by atoms with Gasteiger partial charge < -0.3 is 4.90 Å². The number of rotatable bonds is 5. The summed E-state index contributed by atoms with van der Waals surface area (Å²) >= 11 is 0. The van der Waals surface area contributed by atoms with Gasteiger partial charge in [-0.25, -0.2) is 4.98 Å². The fraction of sp³-hybridized carbons (Fsp3) is 0.625. The highest BCUT2D eigenvalue weighted by Gasteiger charge is 2.17. The molecule has 2 rings (SSSR count). The number of Topliss-reactive ketones (excluding diaryl/α,β-unsaturated/α-hetero) is 1. The zero-order valence-electron chi connectivity index (χ0n) is 12.8. The van der Waals surface area contributed by atoms with Gasteiger partial charge in [-0.2, -0.15) is 0 Å². The van der Waals surface area contributed by atoms with Gasteiger partial charge in [0.15, 0.2) is 5.78 Å². The zero-order chi connectivity index (χ0) is 14.5. The molecule has 4 heteroatoms. The number of carbonyl (C=O) groups excluding carboxylic acids is 1. The highest BCUT2D eigenvalue weighted by atomic mass is 16.1. The standard InChI is InChI=1S/C16H25N3O/c1-4-18-8-10-19(11-9-18)12-14-6-5-7-15(17-14)16(20)13(2)3/h5-7,13H,4,8-12H2,1-3H3. The molecule has 110 valence electrons. The van der Waals surface area contributed by atoms with Gasteiger partial charge >= 0.3 is 0 Å². The molecule has 1 aromatic heterocycles. The molecule has 0 radical (unpaired) electrons. The summed E-state index contributed by atoms with van der Waals surface area (Å²) in [6.45, 7) is 12.4. The van der Waals surface area contributed by atoms with Crippen LogP contribution in [0, 0.1) is 5.92 Å². The van der Waals surface area contributed by atoms with Crippen molar-refractivity contribution in [1.82, 2.24) is 14.8 Å². The Bertz CT molecular complexity index is 451. The van der Waals surface area contributed by atoms with Crippen molar-refractivity contribution in [3.63, 3.8) is 0 Å². The lowest BCUT2D eigenvalue weighted by atomic mass is 10.1.